The van der Waals surface area contributed by atoms with E-state index in [9.17, 15) is 9.59 Å². The molecule has 0 heterocycles. The van der Waals surface area contributed by atoms with E-state index >= 15 is 0 Å². The minimum Gasteiger partial charge on any atom is -0.478 e. The van der Waals surface area contributed by atoms with Gasteiger partial charge in [0.25, 0.3) is 0 Å². The van der Waals surface area contributed by atoms with E-state index in [0.29, 0.717) is 5.56 Å². The number of carboxylic acids is 1. The summed E-state index contributed by atoms with van der Waals surface area (Å²) in [6.07, 6.45) is 2.66. The fourth-order valence-corrected chi connectivity index (χ4v) is 1.10. The van der Waals surface area contributed by atoms with Gasteiger partial charge in [-0.3, -0.25) is 0 Å². The average molecular weight is 221 g/mol. The summed E-state index contributed by atoms with van der Waals surface area (Å²) in [5.74, 6) is -1.61. The standard InChI is InChI=1S/C11H11NO4/c1-16-10(13)5-3-7-2-4-9(12)8(6-7)11(14)15/h2-6H,12H2,1H3,(H,14,15). The Morgan fingerprint density at radius 3 is 2.69 bits per heavy atom. The van der Waals surface area contributed by atoms with Crippen LogP contribution < -0.4 is 5.73 Å². The first-order valence-corrected chi connectivity index (χ1v) is 4.43. The quantitative estimate of drug-likeness (QED) is 0.454. The largest absolute Gasteiger partial charge is 0.478 e. The second-order valence-electron chi connectivity index (χ2n) is 3.01. The van der Waals surface area contributed by atoms with Gasteiger partial charge in [-0.1, -0.05) is 6.07 Å². The summed E-state index contributed by atoms with van der Waals surface area (Å²) in [5.41, 5.74) is 6.23. The Hall–Kier alpha value is -2.30. The van der Waals surface area contributed by atoms with Gasteiger partial charge in [0.1, 0.15) is 0 Å². The number of esters is 1. The summed E-state index contributed by atoms with van der Waals surface area (Å²) in [6.45, 7) is 0. The maximum atomic E-state index is 10.8. The van der Waals surface area contributed by atoms with E-state index in [2.05, 4.69) is 4.74 Å². The van der Waals surface area contributed by atoms with E-state index in [1.165, 1.54) is 31.4 Å². The topological polar surface area (TPSA) is 89.6 Å². The number of carbonyl (C=O) groups excluding carboxylic acids is 1. The van der Waals surface area contributed by atoms with Crippen LogP contribution in [0.3, 0.4) is 0 Å². The lowest BCUT2D eigenvalue weighted by Crippen LogP contribution is -2.02. The molecule has 1 aromatic carbocycles. The third kappa shape index (κ3) is 2.84. The first-order chi connectivity index (χ1) is 7.54. The molecular weight excluding hydrogens is 210 g/mol. The molecule has 84 valence electrons. The van der Waals surface area contributed by atoms with Crippen molar-refractivity contribution in [2.24, 2.45) is 0 Å². The van der Waals surface area contributed by atoms with Crippen LogP contribution in [-0.2, 0) is 9.53 Å². The van der Waals surface area contributed by atoms with Gasteiger partial charge in [-0.15, -0.1) is 0 Å². The number of nitrogen functional groups attached to an aromatic ring is 1. The Bertz CT molecular complexity index is 451. The number of nitrogens with two attached hydrogens (primary N) is 1. The van der Waals surface area contributed by atoms with E-state index in [0.717, 1.165) is 0 Å². The maximum absolute atomic E-state index is 10.8. The Kier molecular flexibility index (Phi) is 3.66. The molecule has 0 bridgehead atoms. The molecule has 0 aliphatic carbocycles. The summed E-state index contributed by atoms with van der Waals surface area (Å²) in [4.78, 5) is 21.6. The number of anilines is 1. The van der Waals surface area contributed by atoms with Crippen molar-refractivity contribution < 1.29 is 19.4 Å². The molecular formula is C11H11NO4. The molecule has 1 rings (SSSR count). The molecule has 0 radical (unpaired) electrons. The van der Waals surface area contributed by atoms with Crippen molar-refractivity contribution in [3.63, 3.8) is 0 Å². The molecule has 0 unspecified atom stereocenters. The van der Waals surface area contributed by atoms with Crippen LogP contribution in [-0.4, -0.2) is 24.2 Å². The van der Waals surface area contributed by atoms with Gasteiger partial charge < -0.3 is 15.6 Å². The normalized spacial score (nSPS) is 10.3. The SMILES string of the molecule is COC(=O)C=Cc1ccc(N)c(C(=O)O)c1. The van der Waals surface area contributed by atoms with E-state index in [1.54, 1.807) is 6.07 Å². The average Bonchev–Trinajstić information content (AvgIpc) is 2.27. The van der Waals surface area contributed by atoms with Crippen molar-refractivity contribution in [1.29, 1.82) is 0 Å². The fraction of sp³-hybridized carbons (Fsp3) is 0.0909. The first kappa shape index (κ1) is 11.8. The predicted molar refractivity (Wildman–Crippen MR) is 58.9 cm³/mol. The van der Waals surface area contributed by atoms with E-state index < -0.39 is 11.9 Å². The van der Waals surface area contributed by atoms with Gasteiger partial charge in [-0.2, -0.15) is 0 Å². The lowest BCUT2D eigenvalue weighted by molar-refractivity contribution is -0.134. The zero-order valence-corrected chi connectivity index (χ0v) is 8.64. The molecule has 0 atom stereocenters. The van der Waals surface area contributed by atoms with Crippen LogP contribution in [0.5, 0.6) is 0 Å². The number of carboxylic acid groups (broad SMARTS) is 1. The number of benzene rings is 1. The lowest BCUT2D eigenvalue weighted by Gasteiger charge is -2.01. The first-order valence-electron chi connectivity index (χ1n) is 4.43. The van der Waals surface area contributed by atoms with Crippen molar-refractivity contribution in [2.75, 3.05) is 12.8 Å². The Morgan fingerprint density at radius 2 is 2.12 bits per heavy atom. The van der Waals surface area contributed by atoms with Gasteiger partial charge >= 0.3 is 11.9 Å². The fourth-order valence-electron chi connectivity index (χ4n) is 1.10. The second kappa shape index (κ2) is 4.97. The monoisotopic (exact) mass is 221 g/mol. The molecule has 5 heteroatoms. The van der Waals surface area contributed by atoms with Crippen molar-refractivity contribution in [1.82, 2.24) is 0 Å². The molecule has 0 aromatic heterocycles. The maximum Gasteiger partial charge on any atom is 0.337 e. The van der Waals surface area contributed by atoms with Crippen LogP contribution >= 0.6 is 0 Å². The molecule has 0 fully saturated rings. The van der Waals surface area contributed by atoms with Gasteiger partial charge in [-0.05, 0) is 23.8 Å². The minimum atomic E-state index is -1.11. The Balaban J connectivity index is 2.99. The van der Waals surface area contributed by atoms with Crippen LogP contribution in [0.4, 0.5) is 5.69 Å². The van der Waals surface area contributed by atoms with Crippen LogP contribution in [0.2, 0.25) is 0 Å². The number of methoxy groups -OCH3 is 1. The molecule has 1 aromatic rings. The van der Waals surface area contributed by atoms with Gasteiger partial charge in [-0.25, -0.2) is 9.59 Å². The number of carbonyl (C=O) groups is 2. The summed E-state index contributed by atoms with van der Waals surface area (Å²) < 4.78 is 4.41. The summed E-state index contributed by atoms with van der Waals surface area (Å²) in [6, 6.07) is 4.47. The molecule has 5 nitrogen and oxygen atoms in total. The Morgan fingerprint density at radius 1 is 1.44 bits per heavy atom. The third-order valence-corrected chi connectivity index (χ3v) is 1.92. The summed E-state index contributed by atoms with van der Waals surface area (Å²) >= 11 is 0. The minimum absolute atomic E-state index is 0.00650. The Labute approximate surface area is 92.1 Å². The van der Waals surface area contributed by atoms with E-state index in [-0.39, 0.29) is 11.3 Å². The molecule has 0 saturated heterocycles. The number of rotatable bonds is 3. The third-order valence-electron chi connectivity index (χ3n) is 1.92. The summed E-state index contributed by atoms with van der Waals surface area (Å²) in [5, 5.41) is 8.82. The van der Waals surface area contributed by atoms with Crippen molar-refractivity contribution in [3.05, 3.63) is 35.4 Å². The van der Waals surface area contributed by atoms with Gasteiger partial charge in [0.15, 0.2) is 0 Å². The molecule has 0 aliphatic rings. The van der Waals surface area contributed by atoms with Gasteiger partial charge in [0, 0.05) is 11.8 Å². The molecule has 0 aliphatic heterocycles. The second-order valence-corrected chi connectivity index (χ2v) is 3.01. The highest BCUT2D eigenvalue weighted by atomic mass is 16.5. The van der Waals surface area contributed by atoms with Crippen LogP contribution in [0.1, 0.15) is 15.9 Å². The molecule has 0 amide bonds. The smallest absolute Gasteiger partial charge is 0.337 e. The number of hydrogen-bond donors (Lipinski definition) is 2. The van der Waals surface area contributed by atoms with Crippen LogP contribution in [0.25, 0.3) is 6.08 Å². The van der Waals surface area contributed by atoms with Crippen molar-refractivity contribution in [2.45, 2.75) is 0 Å². The highest BCUT2D eigenvalue weighted by Gasteiger charge is 2.07. The molecule has 16 heavy (non-hydrogen) atoms. The van der Waals surface area contributed by atoms with Crippen molar-refractivity contribution in [3.8, 4) is 0 Å². The van der Waals surface area contributed by atoms with Gasteiger partial charge in [0.05, 0.1) is 12.7 Å². The molecule has 3 N–H and O–H groups in total. The van der Waals surface area contributed by atoms with E-state index in [4.69, 9.17) is 10.8 Å². The van der Waals surface area contributed by atoms with Crippen LogP contribution in [0, 0.1) is 0 Å². The highest BCUT2D eigenvalue weighted by molar-refractivity contribution is 5.95. The van der Waals surface area contributed by atoms with Gasteiger partial charge in [0.2, 0.25) is 0 Å². The van der Waals surface area contributed by atoms with Crippen molar-refractivity contribution >= 4 is 23.7 Å². The molecule has 0 spiro atoms. The number of hydrogen-bond acceptors (Lipinski definition) is 4. The zero-order chi connectivity index (χ0) is 12.1. The number of aromatic carboxylic acids is 1. The highest BCUT2D eigenvalue weighted by Crippen LogP contribution is 2.15. The van der Waals surface area contributed by atoms with Crippen LogP contribution in [0.15, 0.2) is 24.3 Å². The lowest BCUT2D eigenvalue weighted by atomic mass is 10.1. The molecule has 0 saturated carbocycles. The predicted octanol–water partition coefficient (Wildman–Crippen LogP) is 1.15. The van der Waals surface area contributed by atoms with E-state index in [1.807, 2.05) is 0 Å². The number of ether oxygens (including phenoxy) is 1. The summed E-state index contributed by atoms with van der Waals surface area (Å²) in [7, 11) is 1.26. The zero-order valence-electron chi connectivity index (χ0n) is 8.64.